The topological polar surface area (TPSA) is 48.5 Å². The fraction of sp³-hybridized carbons (Fsp3) is 0. The van der Waals surface area contributed by atoms with Crippen LogP contribution in [0.1, 0.15) is 0 Å². The molecule has 0 unspecified atom stereocenters. The van der Waals surface area contributed by atoms with Gasteiger partial charge in [0.15, 0.2) is 5.82 Å². The quantitative estimate of drug-likeness (QED) is 0.232. The van der Waals surface area contributed by atoms with E-state index in [0.717, 1.165) is 16.6 Å². The van der Waals surface area contributed by atoms with Crippen molar-refractivity contribution >= 4 is 55.4 Å². The molecule has 0 N–H and O–H groups in total. The van der Waals surface area contributed by atoms with Crippen molar-refractivity contribution in [3.05, 3.63) is 116 Å². The zero-order chi connectivity index (χ0) is 25.5. The first kappa shape index (κ1) is 21.0. The number of nitrogens with zero attached hydrogens (tertiary/aromatic N) is 5. The van der Waals surface area contributed by atoms with Gasteiger partial charge in [-0.25, -0.2) is 9.97 Å². The van der Waals surface area contributed by atoms with Gasteiger partial charge >= 0.3 is 0 Å². The van der Waals surface area contributed by atoms with E-state index < -0.39 is 0 Å². The highest BCUT2D eigenvalue weighted by molar-refractivity contribution is 7.99. The van der Waals surface area contributed by atoms with Crippen LogP contribution in [-0.4, -0.2) is 24.1 Å². The van der Waals surface area contributed by atoms with Crippen LogP contribution in [-0.2, 0) is 0 Å². The number of para-hydroxylation sites is 3. The third-order valence-electron chi connectivity index (χ3n) is 7.65. The van der Waals surface area contributed by atoms with Crippen molar-refractivity contribution < 1.29 is 0 Å². The van der Waals surface area contributed by atoms with E-state index in [2.05, 4.69) is 98.0 Å². The van der Waals surface area contributed by atoms with Gasteiger partial charge in [0.25, 0.3) is 0 Å². The predicted molar refractivity (Wildman–Crippen MR) is 158 cm³/mol. The molecule has 182 valence electrons. The van der Waals surface area contributed by atoms with Crippen molar-refractivity contribution in [2.45, 2.75) is 9.79 Å². The summed E-state index contributed by atoms with van der Waals surface area (Å²) in [5, 5.41) is 4.93. The smallest absolute Gasteiger partial charge is 0.238 e. The van der Waals surface area contributed by atoms with E-state index in [4.69, 9.17) is 4.98 Å². The summed E-state index contributed by atoms with van der Waals surface area (Å²) in [6.45, 7) is 0. The first-order chi connectivity index (χ1) is 19.4. The van der Waals surface area contributed by atoms with Gasteiger partial charge in [-0.05, 0) is 30.3 Å². The highest BCUT2D eigenvalue weighted by atomic mass is 32.2. The van der Waals surface area contributed by atoms with Gasteiger partial charge in [0.2, 0.25) is 5.95 Å². The Morgan fingerprint density at radius 3 is 2.10 bits per heavy atom. The summed E-state index contributed by atoms with van der Waals surface area (Å²) in [5.41, 5.74) is 6.85. The van der Waals surface area contributed by atoms with Crippen LogP contribution < -0.4 is 0 Å². The van der Waals surface area contributed by atoms with E-state index in [1.807, 2.05) is 42.1 Å². The minimum absolute atomic E-state index is 0.617. The van der Waals surface area contributed by atoms with Gasteiger partial charge in [0.1, 0.15) is 6.33 Å². The lowest BCUT2D eigenvalue weighted by Gasteiger charge is -2.20. The van der Waals surface area contributed by atoms with Crippen LogP contribution >= 0.6 is 11.8 Å². The molecule has 39 heavy (non-hydrogen) atoms. The molecule has 9 rings (SSSR count). The normalized spacial score (nSPS) is 12.5. The SMILES string of the molecule is c1ccc(-c2ncnc(-n3c4ccccc4c4c5c6ccccc6n6c5c(cc43)Sc3ccccc3-6)n2)cc1. The van der Waals surface area contributed by atoms with Crippen molar-refractivity contribution in [1.29, 1.82) is 0 Å². The molecule has 5 nitrogen and oxygen atoms in total. The van der Waals surface area contributed by atoms with Crippen molar-refractivity contribution in [3.63, 3.8) is 0 Å². The van der Waals surface area contributed by atoms with Crippen LogP contribution in [0, 0.1) is 0 Å². The van der Waals surface area contributed by atoms with Gasteiger partial charge in [-0.1, -0.05) is 90.6 Å². The Morgan fingerprint density at radius 1 is 0.564 bits per heavy atom. The first-order valence-corrected chi connectivity index (χ1v) is 13.7. The van der Waals surface area contributed by atoms with Crippen molar-refractivity contribution in [2.75, 3.05) is 0 Å². The Hall–Kier alpha value is -4.94. The average molecular weight is 518 g/mol. The molecule has 0 radical (unpaired) electrons. The standard InChI is InChI=1S/C33H19N5S/c1-2-10-20(11-3-1)32-34-19-35-33(36-32)38-24-15-7-4-12-21(24)29-26(38)18-28-31-30(29)22-13-5-6-14-23(22)37(31)25-16-8-9-17-27(25)39-28/h1-19H. The maximum absolute atomic E-state index is 4.97. The number of fused-ring (bicyclic) bond motifs is 9. The Bertz CT molecular complexity index is 2260. The average Bonchev–Trinajstić information content (AvgIpc) is 3.52. The van der Waals surface area contributed by atoms with E-state index in [9.17, 15) is 0 Å². The molecule has 0 amide bonds. The summed E-state index contributed by atoms with van der Waals surface area (Å²) in [5.74, 6) is 1.28. The van der Waals surface area contributed by atoms with Gasteiger partial charge in [0.05, 0.1) is 27.8 Å². The Labute approximate surface area is 227 Å². The molecule has 5 aromatic carbocycles. The molecule has 0 aliphatic carbocycles. The predicted octanol–water partition coefficient (Wildman–Crippen LogP) is 8.20. The lowest BCUT2D eigenvalue weighted by molar-refractivity contribution is 0.946. The molecule has 0 fully saturated rings. The third-order valence-corrected chi connectivity index (χ3v) is 8.75. The molecular formula is C33H19N5S. The Morgan fingerprint density at radius 2 is 1.26 bits per heavy atom. The molecule has 1 aliphatic heterocycles. The number of rotatable bonds is 2. The van der Waals surface area contributed by atoms with E-state index in [1.54, 1.807) is 6.33 Å². The maximum atomic E-state index is 4.97. The van der Waals surface area contributed by atoms with Crippen LogP contribution in [0.15, 0.2) is 125 Å². The molecular weight excluding hydrogens is 498 g/mol. The molecule has 8 aromatic rings. The van der Waals surface area contributed by atoms with Crippen molar-refractivity contribution in [3.8, 4) is 23.0 Å². The lowest BCUT2D eigenvalue weighted by Crippen LogP contribution is -2.04. The molecule has 0 saturated carbocycles. The highest BCUT2D eigenvalue weighted by Crippen LogP contribution is 2.50. The van der Waals surface area contributed by atoms with Crippen molar-refractivity contribution in [1.82, 2.24) is 24.1 Å². The zero-order valence-corrected chi connectivity index (χ0v) is 21.4. The number of hydrogen-bond acceptors (Lipinski definition) is 4. The minimum atomic E-state index is 0.617. The monoisotopic (exact) mass is 517 g/mol. The molecule has 0 saturated heterocycles. The second-order valence-corrected chi connectivity index (χ2v) is 10.8. The fourth-order valence-corrected chi connectivity index (χ4v) is 7.20. The summed E-state index contributed by atoms with van der Waals surface area (Å²) in [7, 11) is 0. The zero-order valence-electron chi connectivity index (χ0n) is 20.6. The van der Waals surface area contributed by atoms with Crippen LogP contribution in [0.3, 0.4) is 0 Å². The number of benzene rings is 5. The number of aromatic nitrogens is 5. The van der Waals surface area contributed by atoms with Crippen molar-refractivity contribution in [2.24, 2.45) is 0 Å². The largest absolute Gasteiger partial charge is 0.307 e. The highest BCUT2D eigenvalue weighted by Gasteiger charge is 2.27. The van der Waals surface area contributed by atoms with Crippen LogP contribution in [0.5, 0.6) is 0 Å². The van der Waals surface area contributed by atoms with E-state index in [1.165, 1.54) is 48.1 Å². The summed E-state index contributed by atoms with van der Waals surface area (Å²) >= 11 is 1.83. The first-order valence-electron chi connectivity index (χ1n) is 12.9. The third kappa shape index (κ3) is 2.84. The molecule has 3 aromatic heterocycles. The van der Waals surface area contributed by atoms with Gasteiger partial charge < -0.3 is 4.57 Å². The summed E-state index contributed by atoms with van der Waals surface area (Å²) in [4.78, 5) is 16.6. The van der Waals surface area contributed by atoms with E-state index in [0.29, 0.717) is 11.8 Å². The van der Waals surface area contributed by atoms with Gasteiger partial charge in [-0.2, -0.15) is 4.98 Å². The molecule has 0 spiro atoms. The van der Waals surface area contributed by atoms with E-state index >= 15 is 0 Å². The van der Waals surface area contributed by atoms with Crippen LogP contribution in [0.25, 0.3) is 66.6 Å². The summed E-state index contributed by atoms with van der Waals surface area (Å²) < 4.78 is 4.63. The second kappa shape index (κ2) is 7.79. The van der Waals surface area contributed by atoms with Gasteiger partial charge in [0, 0.05) is 36.9 Å². The molecule has 4 heterocycles. The molecule has 1 aliphatic rings. The number of hydrogen-bond donors (Lipinski definition) is 0. The van der Waals surface area contributed by atoms with Crippen LogP contribution in [0.4, 0.5) is 0 Å². The van der Waals surface area contributed by atoms with Gasteiger partial charge in [-0.3, -0.25) is 4.57 Å². The fourth-order valence-electron chi connectivity index (χ4n) is 6.09. The van der Waals surface area contributed by atoms with Gasteiger partial charge in [-0.15, -0.1) is 0 Å². The Kier molecular flexibility index (Phi) is 4.20. The van der Waals surface area contributed by atoms with E-state index in [-0.39, 0.29) is 0 Å². The van der Waals surface area contributed by atoms with Crippen LogP contribution in [0.2, 0.25) is 0 Å². The Balaban J connectivity index is 1.47. The minimum Gasteiger partial charge on any atom is -0.307 e. The molecule has 0 bridgehead atoms. The lowest BCUT2D eigenvalue weighted by atomic mass is 10.1. The second-order valence-electron chi connectivity index (χ2n) is 9.74. The summed E-state index contributed by atoms with van der Waals surface area (Å²) in [6.07, 6.45) is 1.62. The molecule has 6 heteroatoms. The summed E-state index contributed by atoms with van der Waals surface area (Å²) in [6, 6.07) is 38.4. The molecule has 0 atom stereocenters. The maximum Gasteiger partial charge on any atom is 0.238 e.